The third-order valence-electron chi connectivity index (χ3n) is 4.65. The monoisotopic (exact) mass is 339 g/mol. The molecule has 2 atom stereocenters. The van der Waals surface area contributed by atoms with E-state index in [2.05, 4.69) is 4.98 Å². The number of methoxy groups -OCH3 is 1. The van der Waals surface area contributed by atoms with Gasteiger partial charge < -0.3 is 15.4 Å². The summed E-state index contributed by atoms with van der Waals surface area (Å²) in [6.07, 6.45) is 1.70. The minimum absolute atomic E-state index is 0.0648. The molecule has 1 aromatic carbocycles. The SMILES string of the molecule is COc1ccc(C(=O)N2C[C@@H](C)[C@H](C(N)=O)C2)cc1-c1ccccn1. The predicted octanol–water partition coefficient (Wildman–Crippen LogP) is 1.95. The highest BCUT2D eigenvalue weighted by Gasteiger charge is 2.36. The highest BCUT2D eigenvalue weighted by atomic mass is 16.5. The molecule has 2 heterocycles. The Morgan fingerprint density at radius 2 is 2.04 bits per heavy atom. The minimum Gasteiger partial charge on any atom is -0.496 e. The van der Waals surface area contributed by atoms with Crippen molar-refractivity contribution >= 4 is 11.8 Å². The summed E-state index contributed by atoms with van der Waals surface area (Å²) < 4.78 is 5.40. The predicted molar refractivity (Wildman–Crippen MR) is 94.0 cm³/mol. The fourth-order valence-electron chi connectivity index (χ4n) is 3.25. The number of carbonyl (C=O) groups excluding carboxylic acids is 2. The van der Waals surface area contributed by atoms with Gasteiger partial charge in [0.05, 0.1) is 18.7 Å². The maximum Gasteiger partial charge on any atom is 0.253 e. The Kier molecular flexibility index (Phi) is 4.70. The molecule has 6 nitrogen and oxygen atoms in total. The van der Waals surface area contributed by atoms with Crippen molar-refractivity contribution < 1.29 is 14.3 Å². The third-order valence-corrected chi connectivity index (χ3v) is 4.65. The Labute approximate surface area is 146 Å². The van der Waals surface area contributed by atoms with E-state index in [-0.39, 0.29) is 23.7 Å². The quantitative estimate of drug-likeness (QED) is 0.922. The van der Waals surface area contributed by atoms with Crippen LogP contribution in [-0.2, 0) is 4.79 Å². The van der Waals surface area contributed by atoms with Crippen LogP contribution in [0.4, 0.5) is 0 Å². The van der Waals surface area contributed by atoms with E-state index >= 15 is 0 Å². The molecule has 2 amide bonds. The zero-order valence-corrected chi connectivity index (χ0v) is 14.3. The second kappa shape index (κ2) is 6.93. The molecule has 6 heteroatoms. The van der Waals surface area contributed by atoms with Crippen molar-refractivity contribution in [2.24, 2.45) is 17.6 Å². The first kappa shape index (κ1) is 17.0. The molecule has 0 radical (unpaired) electrons. The molecule has 1 aromatic heterocycles. The summed E-state index contributed by atoms with van der Waals surface area (Å²) in [6.45, 7) is 2.83. The summed E-state index contributed by atoms with van der Waals surface area (Å²) in [5.74, 6) is -0.0467. The molecule has 1 aliphatic rings. The van der Waals surface area contributed by atoms with Gasteiger partial charge in [-0.15, -0.1) is 0 Å². The van der Waals surface area contributed by atoms with Crippen LogP contribution < -0.4 is 10.5 Å². The van der Waals surface area contributed by atoms with E-state index < -0.39 is 0 Å². The molecule has 1 fully saturated rings. The lowest BCUT2D eigenvalue weighted by Crippen LogP contribution is -2.32. The van der Waals surface area contributed by atoms with E-state index in [1.165, 1.54) is 0 Å². The summed E-state index contributed by atoms with van der Waals surface area (Å²) in [6, 6.07) is 10.9. The molecule has 2 N–H and O–H groups in total. The number of benzene rings is 1. The number of amides is 2. The number of ether oxygens (including phenoxy) is 1. The zero-order chi connectivity index (χ0) is 18.0. The molecule has 130 valence electrons. The fraction of sp³-hybridized carbons (Fsp3) is 0.316. The Morgan fingerprint density at radius 1 is 1.24 bits per heavy atom. The van der Waals surface area contributed by atoms with E-state index in [4.69, 9.17) is 10.5 Å². The highest BCUT2D eigenvalue weighted by molar-refractivity contribution is 5.96. The van der Waals surface area contributed by atoms with Gasteiger partial charge in [-0.25, -0.2) is 0 Å². The third kappa shape index (κ3) is 3.33. The van der Waals surface area contributed by atoms with Crippen LogP contribution in [0.25, 0.3) is 11.3 Å². The fourth-order valence-corrected chi connectivity index (χ4v) is 3.25. The maximum atomic E-state index is 12.9. The maximum absolute atomic E-state index is 12.9. The molecule has 2 aromatic rings. The van der Waals surface area contributed by atoms with Crippen molar-refractivity contribution in [3.63, 3.8) is 0 Å². The van der Waals surface area contributed by atoms with Crippen LogP contribution in [0.2, 0.25) is 0 Å². The number of nitrogens with zero attached hydrogens (tertiary/aromatic N) is 2. The second-order valence-electron chi connectivity index (χ2n) is 6.33. The lowest BCUT2D eigenvalue weighted by molar-refractivity contribution is -0.122. The van der Waals surface area contributed by atoms with Crippen molar-refractivity contribution in [3.05, 3.63) is 48.2 Å². The van der Waals surface area contributed by atoms with Crippen molar-refractivity contribution in [3.8, 4) is 17.0 Å². The number of carbonyl (C=O) groups is 2. The van der Waals surface area contributed by atoms with Crippen molar-refractivity contribution in [1.82, 2.24) is 9.88 Å². The van der Waals surface area contributed by atoms with Gasteiger partial charge in [-0.3, -0.25) is 14.6 Å². The molecule has 0 spiro atoms. The molecule has 1 saturated heterocycles. The van der Waals surface area contributed by atoms with Gasteiger partial charge in [0.2, 0.25) is 5.91 Å². The molecule has 1 aliphatic heterocycles. The van der Waals surface area contributed by atoms with E-state index in [0.29, 0.717) is 24.4 Å². The van der Waals surface area contributed by atoms with E-state index in [9.17, 15) is 9.59 Å². The van der Waals surface area contributed by atoms with Gasteiger partial charge in [-0.05, 0) is 36.2 Å². The average Bonchev–Trinajstić information content (AvgIpc) is 3.03. The summed E-state index contributed by atoms with van der Waals surface area (Å²) in [5.41, 5.74) is 7.46. The first-order valence-corrected chi connectivity index (χ1v) is 8.19. The average molecular weight is 339 g/mol. The van der Waals surface area contributed by atoms with E-state index in [1.807, 2.05) is 25.1 Å². The summed E-state index contributed by atoms with van der Waals surface area (Å²) in [5, 5.41) is 0. The van der Waals surface area contributed by atoms with Crippen LogP contribution in [0.3, 0.4) is 0 Å². The van der Waals surface area contributed by atoms with Gasteiger partial charge in [0, 0.05) is 30.4 Å². The van der Waals surface area contributed by atoms with Crippen LogP contribution >= 0.6 is 0 Å². The number of hydrogen-bond acceptors (Lipinski definition) is 4. The number of rotatable bonds is 4. The lowest BCUT2D eigenvalue weighted by atomic mass is 9.98. The highest BCUT2D eigenvalue weighted by Crippen LogP contribution is 2.31. The second-order valence-corrected chi connectivity index (χ2v) is 6.33. The molecular weight excluding hydrogens is 318 g/mol. The van der Waals surface area contributed by atoms with Crippen molar-refractivity contribution in [2.45, 2.75) is 6.92 Å². The number of aromatic nitrogens is 1. The van der Waals surface area contributed by atoms with E-state index in [0.717, 1.165) is 11.3 Å². The molecule has 0 unspecified atom stereocenters. The first-order valence-electron chi connectivity index (χ1n) is 8.19. The topological polar surface area (TPSA) is 85.5 Å². The Bertz CT molecular complexity index is 792. The molecule has 0 aliphatic carbocycles. The lowest BCUT2D eigenvalue weighted by Gasteiger charge is -2.17. The molecule has 25 heavy (non-hydrogen) atoms. The normalized spacial score (nSPS) is 19.7. The number of nitrogens with two attached hydrogens (primary N) is 1. The smallest absolute Gasteiger partial charge is 0.253 e. The minimum atomic E-state index is -0.355. The zero-order valence-electron chi connectivity index (χ0n) is 14.3. The molecule has 0 saturated carbocycles. The Hall–Kier alpha value is -2.89. The van der Waals surface area contributed by atoms with Crippen LogP contribution in [0, 0.1) is 11.8 Å². The molecular formula is C19H21N3O3. The van der Waals surface area contributed by atoms with Gasteiger partial charge in [-0.2, -0.15) is 0 Å². The molecule has 0 bridgehead atoms. The Morgan fingerprint density at radius 3 is 2.64 bits per heavy atom. The van der Waals surface area contributed by atoms with Crippen LogP contribution in [0.5, 0.6) is 5.75 Å². The number of primary amides is 1. The summed E-state index contributed by atoms with van der Waals surface area (Å²) in [4.78, 5) is 30.4. The van der Waals surface area contributed by atoms with Crippen LogP contribution in [-0.4, -0.2) is 41.9 Å². The van der Waals surface area contributed by atoms with Gasteiger partial charge >= 0.3 is 0 Å². The van der Waals surface area contributed by atoms with Gasteiger partial charge in [0.25, 0.3) is 5.91 Å². The first-order chi connectivity index (χ1) is 12.0. The summed E-state index contributed by atoms with van der Waals surface area (Å²) >= 11 is 0. The van der Waals surface area contributed by atoms with Gasteiger partial charge in [-0.1, -0.05) is 13.0 Å². The van der Waals surface area contributed by atoms with E-state index in [1.54, 1.807) is 36.4 Å². The van der Waals surface area contributed by atoms with Crippen molar-refractivity contribution in [1.29, 1.82) is 0 Å². The van der Waals surface area contributed by atoms with Crippen LogP contribution in [0.1, 0.15) is 17.3 Å². The summed E-state index contributed by atoms with van der Waals surface area (Å²) in [7, 11) is 1.59. The Balaban J connectivity index is 1.91. The van der Waals surface area contributed by atoms with Crippen LogP contribution in [0.15, 0.2) is 42.6 Å². The molecule has 3 rings (SSSR count). The standard InChI is InChI=1S/C19H21N3O3/c1-12-10-22(11-15(12)18(20)23)19(24)13-6-7-17(25-2)14(9-13)16-5-3-4-8-21-16/h3-9,12,15H,10-11H2,1-2H3,(H2,20,23)/t12-,15-/m1/s1. The van der Waals surface area contributed by atoms with Crippen molar-refractivity contribution in [2.75, 3.05) is 20.2 Å². The van der Waals surface area contributed by atoms with Gasteiger partial charge in [0.15, 0.2) is 0 Å². The number of hydrogen-bond donors (Lipinski definition) is 1. The number of pyridine rings is 1. The number of likely N-dealkylation sites (tertiary alicyclic amines) is 1. The van der Waals surface area contributed by atoms with Gasteiger partial charge in [0.1, 0.15) is 5.75 Å². The largest absolute Gasteiger partial charge is 0.496 e.